The maximum Gasteiger partial charge on any atom is 0.255 e. The second kappa shape index (κ2) is 7.09. The Bertz CT molecular complexity index is 771. The number of nitrogens with zero attached hydrogens (tertiary/aromatic N) is 3. The van der Waals surface area contributed by atoms with Crippen LogP contribution in [0.1, 0.15) is 12.5 Å². The average Bonchev–Trinajstić information content (AvgIpc) is 2.59. The van der Waals surface area contributed by atoms with Crippen molar-refractivity contribution in [1.82, 2.24) is 9.91 Å². The quantitative estimate of drug-likeness (QED) is 0.219. The van der Waals surface area contributed by atoms with Crippen molar-refractivity contribution in [2.45, 2.75) is 6.92 Å². The van der Waals surface area contributed by atoms with Crippen LogP contribution < -0.4 is 27.5 Å². The first-order valence-corrected chi connectivity index (χ1v) is 7.37. The van der Waals surface area contributed by atoms with E-state index in [0.717, 1.165) is 6.21 Å². The van der Waals surface area contributed by atoms with Gasteiger partial charge in [-0.05, 0) is 19.1 Å². The first-order chi connectivity index (χ1) is 11.8. The predicted octanol–water partition coefficient (Wildman–Crippen LogP) is -0.162. The molecule has 0 saturated heterocycles. The molecule has 0 unspecified atom stereocenters. The number of methoxy groups -OCH3 is 1. The molecule has 25 heavy (non-hydrogen) atoms. The van der Waals surface area contributed by atoms with E-state index in [0.29, 0.717) is 39.9 Å². The molecule has 1 aromatic carbocycles. The first kappa shape index (κ1) is 18.1. The van der Waals surface area contributed by atoms with Crippen LogP contribution in [0, 0.1) is 5.41 Å². The van der Waals surface area contributed by atoms with Crippen LogP contribution in [0.15, 0.2) is 28.5 Å². The molecule has 0 radical (unpaired) electrons. The molecule has 0 aliphatic carbocycles. The number of nitrogens with two attached hydrogens (primary N) is 3. The van der Waals surface area contributed by atoms with Gasteiger partial charge >= 0.3 is 0 Å². The van der Waals surface area contributed by atoms with Crippen LogP contribution in [0.5, 0.6) is 5.75 Å². The summed E-state index contributed by atoms with van der Waals surface area (Å²) in [5.74, 6) is 11.5. The van der Waals surface area contributed by atoms with Gasteiger partial charge in [0.05, 0.1) is 30.5 Å². The summed E-state index contributed by atoms with van der Waals surface area (Å²) in [4.78, 5) is 14.4. The highest BCUT2D eigenvalue weighted by Gasteiger charge is 2.28. The number of allylic oxidation sites excluding steroid dienone is 1. The molecule has 1 aromatic rings. The summed E-state index contributed by atoms with van der Waals surface area (Å²) in [5, 5.41) is 15.1. The molecule has 1 aliphatic heterocycles. The van der Waals surface area contributed by atoms with Gasteiger partial charge < -0.3 is 31.9 Å². The SMILES string of the molecule is COc1c(NC(=O)C2=C(C)N(C)/C(=N/N)N(N)C2)ccc(N)c1C=N. The van der Waals surface area contributed by atoms with Gasteiger partial charge in [-0.1, -0.05) is 0 Å². The van der Waals surface area contributed by atoms with E-state index in [1.54, 1.807) is 31.0 Å². The monoisotopic (exact) mass is 346 g/mol. The number of amides is 1. The standard InChI is InChI=1S/C15H22N8O2/c1-8-10(7-23(19)15(21-18)22(8)2)14(24)20-12-5-4-11(17)9(6-16)13(12)25-3/h4-6,16H,7,17-19H2,1-3H3,(H,20,24)/b16-6?,21-15-. The number of carbonyl (C=O) groups excluding carboxylic acids is 1. The van der Waals surface area contributed by atoms with Crippen LogP contribution in [-0.4, -0.2) is 48.7 Å². The third-order valence-corrected chi connectivity index (χ3v) is 4.04. The van der Waals surface area contributed by atoms with E-state index < -0.39 is 0 Å². The van der Waals surface area contributed by atoms with Crippen LogP contribution in [0.3, 0.4) is 0 Å². The Morgan fingerprint density at radius 3 is 2.72 bits per heavy atom. The number of anilines is 2. The first-order valence-electron chi connectivity index (χ1n) is 7.37. The van der Waals surface area contributed by atoms with Gasteiger partial charge in [0.2, 0.25) is 5.96 Å². The Balaban J connectivity index is 2.38. The lowest BCUT2D eigenvalue weighted by Gasteiger charge is -2.35. The Morgan fingerprint density at radius 1 is 1.48 bits per heavy atom. The number of benzene rings is 1. The summed E-state index contributed by atoms with van der Waals surface area (Å²) in [6.07, 6.45) is 1.08. The van der Waals surface area contributed by atoms with E-state index in [2.05, 4.69) is 10.4 Å². The van der Waals surface area contributed by atoms with Crippen LogP contribution in [0.2, 0.25) is 0 Å². The minimum absolute atomic E-state index is 0.146. The van der Waals surface area contributed by atoms with E-state index in [9.17, 15) is 4.79 Å². The second-order valence-electron chi connectivity index (χ2n) is 5.43. The average molecular weight is 346 g/mol. The highest BCUT2D eigenvalue weighted by Crippen LogP contribution is 2.32. The highest BCUT2D eigenvalue weighted by atomic mass is 16.5. The van der Waals surface area contributed by atoms with Crippen molar-refractivity contribution in [2.75, 3.05) is 31.8 Å². The molecule has 2 rings (SSSR count). The number of nitrogen functional groups attached to an aromatic ring is 1. The number of nitrogens with one attached hydrogen (secondary N) is 2. The molecule has 10 nitrogen and oxygen atoms in total. The van der Waals surface area contributed by atoms with E-state index in [4.69, 9.17) is 27.6 Å². The van der Waals surface area contributed by atoms with E-state index in [1.807, 2.05) is 0 Å². The molecular formula is C15H22N8O2. The number of guanidine groups is 1. The van der Waals surface area contributed by atoms with Gasteiger partial charge in [-0.15, -0.1) is 5.10 Å². The molecule has 0 aromatic heterocycles. The minimum atomic E-state index is -0.352. The fourth-order valence-electron chi connectivity index (χ4n) is 2.58. The van der Waals surface area contributed by atoms with Crippen molar-refractivity contribution in [3.8, 4) is 5.75 Å². The number of rotatable bonds is 4. The van der Waals surface area contributed by atoms with Gasteiger partial charge in [0, 0.05) is 24.6 Å². The fourth-order valence-corrected chi connectivity index (χ4v) is 2.58. The largest absolute Gasteiger partial charge is 0.494 e. The summed E-state index contributed by atoms with van der Waals surface area (Å²) in [7, 11) is 3.16. The van der Waals surface area contributed by atoms with Gasteiger partial charge in [-0.3, -0.25) is 9.80 Å². The molecule has 1 heterocycles. The zero-order valence-electron chi connectivity index (χ0n) is 14.3. The number of hydrogen-bond donors (Lipinski definition) is 5. The Morgan fingerprint density at radius 2 is 2.16 bits per heavy atom. The molecule has 134 valence electrons. The van der Waals surface area contributed by atoms with Gasteiger partial charge in [0.25, 0.3) is 5.91 Å². The number of hydrazone groups is 1. The fraction of sp³-hybridized carbons (Fsp3) is 0.267. The Hall–Kier alpha value is -3.27. The maximum atomic E-state index is 12.7. The number of hydrazine groups is 1. The minimum Gasteiger partial charge on any atom is -0.494 e. The molecule has 0 bridgehead atoms. The van der Waals surface area contributed by atoms with Gasteiger partial charge in [-0.25, -0.2) is 5.84 Å². The third kappa shape index (κ3) is 3.19. The second-order valence-corrected chi connectivity index (χ2v) is 5.43. The smallest absolute Gasteiger partial charge is 0.255 e. The summed E-state index contributed by atoms with van der Waals surface area (Å²) in [6.45, 7) is 1.92. The molecule has 1 aliphatic rings. The molecule has 0 fully saturated rings. The molecule has 1 amide bonds. The molecule has 0 saturated carbocycles. The van der Waals surface area contributed by atoms with Crippen LogP contribution >= 0.6 is 0 Å². The van der Waals surface area contributed by atoms with Gasteiger partial charge in [-0.2, -0.15) is 0 Å². The third-order valence-electron chi connectivity index (χ3n) is 4.04. The van der Waals surface area contributed by atoms with E-state index in [1.165, 1.54) is 12.1 Å². The summed E-state index contributed by atoms with van der Waals surface area (Å²) in [5.41, 5.74) is 8.14. The topological polar surface area (TPSA) is 159 Å². The number of ether oxygens (including phenoxy) is 1. The molecule has 0 atom stereocenters. The summed E-state index contributed by atoms with van der Waals surface area (Å²) in [6, 6.07) is 3.22. The van der Waals surface area contributed by atoms with Crippen LogP contribution in [0.25, 0.3) is 0 Å². The lowest BCUT2D eigenvalue weighted by Crippen LogP contribution is -2.52. The lowest BCUT2D eigenvalue weighted by molar-refractivity contribution is -0.113. The Kier molecular flexibility index (Phi) is 5.13. The predicted molar refractivity (Wildman–Crippen MR) is 96.9 cm³/mol. The van der Waals surface area contributed by atoms with Gasteiger partial charge in [0.1, 0.15) is 0 Å². The van der Waals surface area contributed by atoms with Crippen molar-refractivity contribution >= 4 is 29.5 Å². The number of carbonyl (C=O) groups is 1. The van der Waals surface area contributed by atoms with Crippen molar-refractivity contribution in [1.29, 1.82) is 5.41 Å². The molecule has 0 spiro atoms. The summed E-state index contributed by atoms with van der Waals surface area (Å²) >= 11 is 0. The zero-order chi connectivity index (χ0) is 18.7. The van der Waals surface area contributed by atoms with Crippen molar-refractivity contribution < 1.29 is 9.53 Å². The molecule has 10 heteroatoms. The molecule has 8 N–H and O–H groups in total. The Labute approximate surface area is 145 Å². The normalized spacial score (nSPS) is 16.2. The van der Waals surface area contributed by atoms with Crippen molar-refractivity contribution in [3.63, 3.8) is 0 Å². The van der Waals surface area contributed by atoms with Gasteiger partial charge in [0.15, 0.2) is 5.75 Å². The molecular weight excluding hydrogens is 324 g/mol. The zero-order valence-corrected chi connectivity index (χ0v) is 14.3. The lowest BCUT2D eigenvalue weighted by atomic mass is 10.1. The summed E-state index contributed by atoms with van der Waals surface area (Å²) < 4.78 is 5.30. The highest BCUT2D eigenvalue weighted by molar-refractivity contribution is 6.08. The van der Waals surface area contributed by atoms with E-state index >= 15 is 0 Å². The van der Waals surface area contributed by atoms with Crippen LogP contribution in [0.4, 0.5) is 11.4 Å². The van der Waals surface area contributed by atoms with E-state index in [-0.39, 0.29) is 12.5 Å². The van der Waals surface area contributed by atoms with Crippen LogP contribution in [-0.2, 0) is 4.79 Å². The number of hydrogen-bond acceptors (Lipinski definition) is 7. The van der Waals surface area contributed by atoms with Crippen molar-refractivity contribution in [3.05, 3.63) is 29.0 Å². The maximum absolute atomic E-state index is 12.7. The van der Waals surface area contributed by atoms with Crippen molar-refractivity contribution in [2.24, 2.45) is 16.8 Å².